The van der Waals surface area contributed by atoms with Crippen LogP contribution in [0.1, 0.15) is 28.9 Å². The van der Waals surface area contributed by atoms with Crippen molar-refractivity contribution in [3.8, 4) is 0 Å². The summed E-state index contributed by atoms with van der Waals surface area (Å²) in [4.78, 5) is 42.2. The first-order chi connectivity index (χ1) is 18.6. The minimum absolute atomic E-state index is 0.00498. The number of hydrazine groups is 1. The number of hydrogen-bond acceptors (Lipinski definition) is 4. The monoisotopic (exact) mass is 509 g/mol. The maximum absolute atomic E-state index is 13.0. The van der Waals surface area contributed by atoms with E-state index in [1.807, 2.05) is 83.4 Å². The van der Waals surface area contributed by atoms with Crippen LogP contribution in [0.25, 0.3) is 10.9 Å². The van der Waals surface area contributed by atoms with Gasteiger partial charge in [0.2, 0.25) is 11.8 Å². The quantitative estimate of drug-likeness (QED) is 0.373. The number of nitrogens with zero attached hydrogens (tertiary/aromatic N) is 3. The Labute approximate surface area is 221 Å². The number of carbonyl (C=O) groups excluding carboxylic acids is 3. The Morgan fingerprint density at radius 3 is 2.11 bits per heavy atom. The summed E-state index contributed by atoms with van der Waals surface area (Å²) < 4.78 is 1.94. The molecule has 1 fully saturated rings. The maximum atomic E-state index is 13.0. The molecule has 0 aliphatic carbocycles. The van der Waals surface area contributed by atoms with Gasteiger partial charge in [0.15, 0.2) is 0 Å². The van der Waals surface area contributed by atoms with Gasteiger partial charge < -0.3 is 14.4 Å². The van der Waals surface area contributed by atoms with E-state index in [2.05, 4.69) is 27.9 Å². The zero-order valence-electron chi connectivity index (χ0n) is 21.2. The second-order valence-corrected chi connectivity index (χ2v) is 9.37. The Balaban J connectivity index is 1.13. The highest BCUT2D eigenvalue weighted by molar-refractivity contribution is 5.99. The second-order valence-electron chi connectivity index (χ2n) is 9.37. The zero-order chi connectivity index (χ0) is 26.3. The first-order valence-electron chi connectivity index (χ1n) is 12.9. The zero-order valence-corrected chi connectivity index (χ0v) is 21.2. The third-order valence-corrected chi connectivity index (χ3v) is 6.86. The van der Waals surface area contributed by atoms with Crippen molar-refractivity contribution in [1.29, 1.82) is 0 Å². The van der Waals surface area contributed by atoms with Gasteiger partial charge in [0, 0.05) is 62.2 Å². The van der Waals surface area contributed by atoms with Crippen LogP contribution in [-0.2, 0) is 16.1 Å². The van der Waals surface area contributed by atoms with E-state index in [-0.39, 0.29) is 18.7 Å². The minimum atomic E-state index is -0.408. The molecule has 0 atom stereocenters. The lowest BCUT2D eigenvalue weighted by Crippen LogP contribution is -2.49. The highest BCUT2D eigenvalue weighted by Gasteiger charge is 2.22. The smallest absolute Gasteiger partial charge is 0.286 e. The lowest BCUT2D eigenvalue weighted by molar-refractivity contribution is -0.134. The first kappa shape index (κ1) is 25.1. The van der Waals surface area contributed by atoms with Gasteiger partial charge in [-0.25, -0.2) is 0 Å². The van der Waals surface area contributed by atoms with Gasteiger partial charge in [-0.05, 0) is 29.8 Å². The summed E-state index contributed by atoms with van der Waals surface area (Å²) in [5.41, 5.74) is 8.59. The summed E-state index contributed by atoms with van der Waals surface area (Å²) in [7, 11) is 0. The molecule has 4 aromatic rings. The number of para-hydroxylation sites is 2. The molecule has 0 radical (unpaired) electrons. The fourth-order valence-corrected chi connectivity index (χ4v) is 4.82. The highest BCUT2D eigenvalue weighted by atomic mass is 16.2. The van der Waals surface area contributed by atoms with Crippen molar-refractivity contribution in [1.82, 2.24) is 20.3 Å². The summed E-state index contributed by atoms with van der Waals surface area (Å²) in [5, 5.41) is 0.942. The second kappa shape index (κ2) is 11.6. The molecule has 1 saturated heterocycles. The van der Waals surface area contributed by atoms with E-state index in [9.17, 15) is 14.4 Å². The molecule has 1 aliphatic rings. The van der Waals surface area contributed by atoms with E-state index in [1.165, 1.54) is 0 Å². The molecular formula is C30H31N5O3. The van der Waals surface area contributed by atoms with Crippen LogP contribution in [0.15, 0.2) is 91.0 Å². The molecule has 0 unspecified atom stereocenters. The number of benzene rings is 3. The van der Waals surface area contributed by atoms with Crippen LogP contribution < -0.4 is 15.8 Å². The molecule has 2 N–H and O–H groups in total. The molecule has 1 aliphatic heterocycles. The van der Waals surface area contributed by atoms with Crippen molar-refractivity contribution >= 4 is 34.3 Å². The van der Waals surface area contributed by atoms with Crippen LogP contribution in [0.3, 0.4) is 0 Å². The van der Waals surface area contributed by atoms with Gasteiger partial charge >= 0.3 is 0 Å². The Kier molecular flexibility index (Phi) is 7.68. The van der Waals surface area contributed by atoms with E-state index in [0.29, 0.717) is 25.3 Å². The largest absolute Gasteiger partial charge is 0.368 e. The summed E-state index contributed by atoms with van der Waals surface area (Å²) in [6, 6.07) is 29.6. The lowest BCUT2D eigenvalue weighted by Gasteiger charge is -2.36. The Morgan fingerprint density at radius 2 is 1.37 bits per heavy atom. The average molecular weight is 510 g/mol. The van der Waals surface area contributed by atoms with Crippen LogP contribution >= 0.6 is 0 Å². The van der Waals surface area contributed by atoms with Gasteiger partial charge in [-0.1, -0.05) is 66.7 Å². The van der Waals surface area contributed by atoms with E-state index in [0.717, 1.165) is 35.2 Å². The van der Waals surface area contributed by atoms with Gasteiger partial charge in [0.05, 0.1) is 0 Å². The summed E-state index contributed by atoms with van der Waals surface area (Å²) in [6.07, 6.45) is 0.103. The third-order valence-electron chi connectivity index (χ3n) is 6.86. The Morgan fingerprint density at radius 1 is 0.711 bits per heavy atom. The average Bonchev–Trinajstić information content (AvgIpc) is 3.34. The van der Waals surface area contributed by atoms with Crippen molar-refractivity contribution in [2.45, 2.75) is 19.4 Å². The van der Waals surface area contributed by atoms with Gasteiger partial charge in [-0.2, -0.15) is 0 Å². The topological polar surface area (TPSA) is 86.7 Å². The number of rotatable bonds is 7. The molecular weight excluding hydrogens is 478 g/mol. The SMILES string of the molecule is O=C(CCC(=O)N1CCN(c2ccccc2)CC1)NNC(=O)c1cc2ccccc2n1Cc1ccccc1. The predicted octanol–water partition coefficient (Wildman–Crippen LogP) is 3.58. The van der Waals surface area contributed by atoms with Crippen molar-refractivity contribution in [3.05, 3.63) is 102 Å². The molecule has 3 amide bonds. The molecule has 0 saturated carbocycles. The van der Waals surface area contributed by atoms with Crippen molar-refractivity contribution in [2.24, 2.45) is 0 Å². The summed E-state index contributed by atoms with van der Waals surface area (Å²) in [6.45, 7) is 3.29. The highest BCUT2D eigenvalue weighted by Crippen LogP contribution is 2.21. The van der Waals surface area contributed by atoms with Crippen LogP contribution in [0, 0.1) is 0 Å². The van der Waals surface area contributed by atoms with E-state index in [4.69, 9.17) is 0 Å². The number of amides is 3. The van der Waals surface area contributed by atoms with Crippen molar-refractivity contribution in [3.63, 3.8) is 0 Å². The molecule has 8 nitrogen and oxygen atoms in total. The van der Waals surface area contributed by atoms with E-state index >= 15 is 0 Å². The number of piperazine rings is 1. The Hall–Kier alpha value is -4.59. The number of carbonyl (C=O) groups is 3. The van der Waals surface area contributed by atoms with Crippen molar-refractivity contribution < 1.29 is 14.4 Å². The number of hydrogen-bond donors (Lipinski definition) is 2. The molecule has 194 valence electrons. The van der Waals surface area contributed by atoms with Gasteiger partial charge in [0.25, 0.3) is 5.91 Å². The number of aromatic nitrogens is 1. The third kappa shape index (κ3) is 5.86. The standard InChI is InChI=1S/C30H31N5O3/c36-28(15-16-29(37)34-19-17-33(18-20-34)25-12-5-2-6-13-25)31-32-30(38)27-21-24-11-7-8-14-26(24)35(27)22-23-9-3-1-4-10-23/h1-14,21H,15-20,22H2,(H,31,36)(H,32,38). The molecule has 0 spiro atoms. The van der Waals surface area contributed by atoms with Crippen molar-refractivity contribution in [2.75, 3.05) is 31.1 Å². The summed E-state index contributed by atoms with van der Waals surface area (Å²) in [5.74, 6) is -0.864. The fraction of sp³-hybridized carbons (Fsp3) is 0.233. The lowest BCUT2D eigenvalue weighted by atomic mass is 10.2. The van der Waals surface area contributed by atoms with Crippen LogP contribution in [0.5, 0.6) is 0 Å². The number of fused-ring (bicyclic) bond motifs is 1. The molecule has 3 aromatic carbocycles. The molecule has 0 bridgehead atoms. The molecule has 5 rings (SSSR count). The summed E-state index contributed by atoms with van der Waals surface area (Å²) >= 11 is 0. The maximum Gasteiger partial charge on any atom is 0.286 e. The van der Waals surface area contributed by atoms with Gasteiger partial charge in [0.1, 0.15) is 5.69 Å². The molecule has 1 aromatic heterocycles. The first-order valence-corrected chi connectivity index (χ1v) is 12.9. The molecule has 2 heterocycles. The number of anilines is 1. The molecule has 38 heavy (non-hydrogen) atoms. The number of nitrogens with one attached hydrogen (secondary N) is 2. The normalized spacial score (nSPS) is 13.4. The molecule has 8 heteroatoms. The van der Waals surface area contributed by atoms with Gasteiger partial charge in [-0.15, -0.1) is 0 Å². The minimum Gasteiger partial charge on any atom is -0.368 e. The van der Waals surface area contributed by atoms with Gasteiger partial charge in [-0.3, -0.25) is 25.2 Å². The van der Waals surface area contributed by atoms with Crippen LogP contribution in [0.4, 0.5) is 5.69 Å². The fourth-order valence-electron chi connectivity index (χ4n) is 4.82. The van der Waals surface area contributed by atoms with Crippen LogP contribution in [-0.4, -0.2) is 53.4 Å². The Bertz CT molecular complexity index is 1410. The van der Waals surface area contributed by atoms with E-state index in [1.54, 1.807) is 4.90 Å². The van der Waals surface area contributed by atoms with E-state index < -0.39 is 11.8 Å². The van der Waals surface area contributed by atoms with Crippen LogP contribution in [0.2, 0.25) is 0 Å². The predicted molar refractivity (Wildman–Crippen MR) is 148 cm³/mol.